The molecule has 0 aliphatic carbocycles. The number of hydrogen-bond donors (Lipinski definition) is 1. The van der Waals surface area contributed by atoms with Gasteiger partial charge >= 0.3 is 0 Å². The van der Waals surface area contributed by atoms with E-state index < -0.39 is 6.43 Å². The molecule has 1 N–H and O–H groups in total. The zero-order valence-corrected chi connectivity index (χ0v) is 9.68. The molecule has 1 atom stereocenters. The van der Waals surface area contributed by atoms with Crippen molar-refractivity contribution < 1.29 is 8.78 Å². The first kappa shape index (κ1) is 11.5. The van der Waals surface area contributed by atoms with Crippen LogP contribution in [0.25, 0.3) is 5.78 Å². The number of alkyl halides is 2. The number of nitrogens with zero attached hydrogens (tertiary/aromatic N) is 4. The molecule has 0 saturated carbocycles. The predicted molar refractivity (Wildman–Crippen MR) is 60.6 cm³/mol. The van der Waals surface area contributed by atoms with Crippen LogP contribution in [0, 0.1) is 0 Å². The van der Waals surface area contributed by atoms with Gasteiger partial charge in [0, 0.05) is 12.5 Å². The minimum absolute atomic E-state index is 0.141. The standard InChI is InChI=1S/C11H13F2N5/c12-10(13)9-4-8(7-2-1-3-14-5-7)17-11-15-6-16-18(9)11/h4,6-7,10,14H,1-3,5H2. The molecule has 18 heavy (non-hydrogen) atoms. The Kier molecular flexibility index (Phi) is 2.91. The van der Waals surface area contributed by atoms with E-state index in [1.54, 1.807) is 0 Å². The summed E-state index contributed by atoms with van der Waals surface area (Å²) in [6.07, 6.45) is 0.672. The second kappa shape index (κ2) is 4.56. The summed E-state index contributed by atoms with van der Waals surface area (Å²) in [6.45, 7) is 1.76. The molecule has 0 amide bonds. The highest BCUT2D eigenvalue weighted by atomic mass is 19.3. The van der Waals surface area contributed by atoms with Crippen LogP contribution in [0.5, 0.6) is 0 Å². The van der Waals surface area contributed by atoms with Gasteiger partial charge in [0.25, 0.3) is 12.2 Å². The Morgan fingerprint density at radius 1 is 1.44 bits per heavy atom. The van der Waals surface area contributed by atoms with Gasteiger partial charge in [0.2, 0.25) is 0 Å². The van der Waals surface area contributed by atoms with Gasteiger partial charge in [-0.15, -0.1) is 0 Å². The van der Waals surface area contributed by atoms with E-state index in [9.17, 15) is 8.78 Å². The summed E-state index contributed by atoms with van der Waals surface area (Å²) < 4.78 is 27.1. The Morgan fingerprint density at radius 3 is 3.06 bits per heavy atom. The third-order valence-corrected chi connectivity index (χ3v) is 3.24. The average molecular weight is 253 g/mol. The van der Waals surface area contributed by atoms with E-state index in [0.717, 1.165) is 30.4 Å². The van der Waals surface area contributed by atoms with Crippen LogP contribution in [0.2, 0.25) is 0 Å². The Labute approximate surface area is 102 Å². The monoisotopic (exact) mass is 253 g/mol. The maximum atomic E-state index is 13.0. The minimum Gasteiger partial charge on any atom is -0.316 e. The van der Waals surface area contributed by atoms with E-state index in [-0.39, 0.29) is 17.4 Å². The molecule has 0 spiro atoms. The molecule has 1 aliphatic heterocycles. The number of piperidine rings is 1. The molecule has 0 bridgehead atoms. The predicted octanol–water partition coefficient (Wildman–Crippen LogP) is 1.53. The van der Waals surface area contributed by atoms with Gasteiger partial charge in [-0.25, -0.2) is 13.8 Å². The molecular formula is C11H13F2N5. The topological polar surface area (TPSA) is 55.1 Å². The molecule has 3 heterocycles. The number of fused-ring (bicyclic) bond motifs is 1. The van der Waals surface area contributed by atoms with E-state index in [1.807, 2.05) is 0 Å². The molecular weight excluding hydrogens is 240 g/mol. The third-order valence-electron chi connectivity index (χ3n) is 3.24. The van der Waals surface area contributed by atoms with Crippen LogP contribution in [0.4, 0.5) is 8.78 Å². The van der Waals surface area contributed by atoms with Gasteiger partial charge < -0.3 is 5.32 Å². The minimum atomic E-state index is -2.58. The van der Waals surface area contributed by atoms with Crippen molar-refractivity contribution in [3.05, 3.63) is 23.8 Å². The van der Waals surface area contributed by atoms with E-state index in [4.69, 9.17) is 0 Å². The SMILES string of the molecule is FC(F)c1cc(C2CCCNC2)nc2ncnn12. The summed E-state index contributed by atoms with van der Waals surface area (Å²) in [5.41, 5.74) is 0.538. The second-order valence-electron chi connectivity index (χ2n) is 4.42. The lowest BCUT2D eigenvalue weighted by Crippen LogP contribution is -2.29. The summed E-state index contributed by atoms with van der Waals surface area (Å²) in [4.78, 5) is 8.22. The lowest BCUT2D eigenvalue weighted by atomic mass is 9.95. The van der Waals surface area contributed by atoms with Crippen LogP contribution < -0.4 is 5.32 Å². The Morgan fingerprint density at radius 2 is 2.33 bits per heavy atom. The number of nitrogens with one attached hydrogen (secondary N) is 1. The first-order valence-electron chi connectivity index (χ1n) is 5.95. The van der Waals surface area contributed by atoms with Crippen molar-refractivity contribution in [1.82, 2.24) is 24.9 Å². The first-order valence-corrected chi connectivity index (χ1v) is 5.95. The number of aromatic nitrogens is 4. The van der Waals surface area contributed by atoms with Gasteiger partial charge in [-0.2, -0.15) is 14.6 Å². The van der Waals surface area contributed by atoms with Gasteiger partial charge in [0.15, 0.2) is 0 Å². The lowest BCUT2D eigenvalue weighted by molar-refractivity contribution is 0.142. The molecule has 5 nitrogen and oxygen atoms in total. The van der Waals surface area contributed by atoms with Crippen molar-refractivity contribution in [2.24, 2.45) is 0 Å². The fraction of sp³-hybridized carbons (Fsp3) is 0.545. The van der Waals surface area contributed by atoms with E-state index in [2.05, 4.69) is 20.4 Å². The molecule has 7 heteroatoms. The maximum Gasteiger partial charge on any atom is 0.280 e. The maximum absolute atomic E-state index is 13.0. The molecule has 0 aromatic carbocycles. The molecule has 1 aliphatic rings. The molecule has 2 aromatic rings. The van der Waals surface area contributed by atoms with Gasteiger partial charge in [0.05, 0.1) is 5.69 Å². The van der Waals surface area contributed by atoms with Gasteiger partial charge in [0.1, 0.15) is 12.0 Å². The van der Waals surface area contributed by atoms with Crippen LogP contribution >= 0.6 is 0 Å². The lowest BCUT2D eigenvalue weighted by Gasteiger charge is -2.22. The zero-order chi connectivity index (χ0) is 12.5. The first-order chi connectivity index (χ1) is 8.75. The highest BCUT2D eigenvalue weighted by molar-refractivity contribution is 5.32. The second-order valence-corrected chi connectivity index (χ2v) is 4.42. The summed E-state index contributed by atoms with van der Waals surface area (Å²) in [6, 6.07) is 1.45. The zero-order valence-electron chi connectivity index (χ0n) is 9.68. The molecule has 0 radical (unpaired) electrons. The van der Waals surface area contributed by atoms with Crippen molar-refractivity contribution in [1.29, 1.82) is 0 Å². The fourth-order valence-electron chi connectivity index (χ4n) is 2.32. The summed E-state index contributed by atoms with van der Waals surface area (Å²) >= 11 is 0. The normalized spacial score (nSPS) is 20.7. The average Bonchev–Trinajstić information content (AvgIpc) is 2.86. The number of hydrogen-bond acceptors (Lipinski definition) is 4. The van der Waals surface area contributed by atoms with Crippen LogP contribution in [-0.2, 0) is 0 Å². The van der Waals surface area contributed by atoms with Crippen molar-refractivity contribution in [2.45, 2.75) is 25.2 Å². The summed E-state index contributed by atoms with van der Waals surface area (Å²) in [7, 11) is 0. The summed E-state index contributed by atoms with van der Waals surface area (Å²) in [5.74, 6) is 0.423. The van der Waals surface area contributed by atoms with Crippen molar-refractivity contribution in [3.8, 4) is 0 Å². The Balaban J connectivity index is 2.06. The molecule has 2 aromatic heterocycles. The molecule has 1 fully saturated rings. The highest BCUT2D eigenvalue weighted by Crippen LogP contribution is 2.26. The third kappa shape index (κ3) is 1.94. The van der Waals surface area contributed by atoms with E-state index >= 15 is 0 Å². The molecule has 96 valence electrons. The summed E-state index contributed by atoms with van der Waals surface area (Å²) in [5, 5.41) is 7.03. The molecule has 1 saturated heterocycles. The Hall–Kier alpha value is -1.63. The molecule has 1 unspecified atom stereocenters. The number of rotatable bonds is 2. The smallest absolute Gasteiger partial charge is 0.280 e. The van der Waals surface area contributed by atoms with Crippen molar-refractivity contribution in [3.63, 3.8) is 0 Å². The van der Waals surface area contributed by atoms with Crippen LogP contribution in [-0.4, -0.2) is 32.7 Å². The van der Waals surface area contributed by atoms with Gasteiger partial charge in [-0.3, -0.25) is 0 Å². The number of halogens is 2. The van der Waals surface area contributed by atoms with E-state index in [1.165, 1.54) is 12.4 Å². The fourth-order valence-corrected chi connectivity index (χ4v) is 2.32. The molecule has 3 rings (SSSR count). The van der Waals surface area contributed by atoms with Crippen molar-refractivity contribution in [2.75, 3.05) is 13.1 Å². The van der Waals surface area contributed by atoms with Crippen LogP contribution in [0.15, 0.2) is 12.4 Å². The van der Waals surface area contributed by atoms with Crippen molar-refractivity contribution >= 4 is 5.78 Å². The quantitative estimate of drug-likeness (QED) is 0.881. The van der Waals surface area contributed by atoms with E-state index in [0.29, 0.717) is 5.69 Å². The van der Waals surface area contributed by atoms with Gasteiger partial charge in [-0.05, 0) is 25.5 Å². The highest BCUT2D eigenvalue weighted by Gasteiger charge is 2.21. The Bertz CT molecular complexity index is 547. The largest absolute Gasteiger partial charge is 0.316 e. The van der Waals surface area contributed by atoms with Crippen LogP contribution in [0.1, 0.15) is 36.6 Å². The van der Waals surface area contributed by atoms with Crippen LogP contribution in [0.3, 0.4) is 0 Å². The van der Waals surface area contributed by atoms with Gasteiger partial charge in [-0.1, -0.05) is 0 Å².